The van der Waals surface area contributed by atoms with Crippen LogP contribution in [0.5, 0.6) is 5.75 Å². The molecule has 4 nitrogen and oxygen atoms in total. The van der Waals surface area contributed by atoms with Crippen molar-refractivity contribution in [3.63, 3.8) is 0 Å². The topological polar surface area (TPSA) is 58.6 Å². The fourth-order valence-electron chi connectivity index (χ4n) is 2.69. The molecule has 0 saturated heterocycles. The Morgan fingerprint density at radius 3 is 2.46 bits per heavy atom. The van der Waals surface area contributed by atoms with E-state index in [4.69, 9.17) is 21.4 Å². The predicted molar refractivity (Wildman–Crippen MR) is 106 cm³/mol. The van der Waals surface area contributed by atoms with Gasteiger partial charge in [-0.05, 0) is 35.9 Å². The molecule has 0 aliphatic heterocycles. The maximum Gasteiger partial charge on any atom is 0.335 e. The predicted octanol–water partition coefficient (Wildman–Crippen LogP) is 5.05. The summed E-state index contributed by atoms with van der Waals surface area (Å²) in [6, 6.07) is 18.6. The van der Waals surface area contributed by atoms with Crippen LogP contribution < -0.4 is 10.1 Å². The highest BCUT2D eigenvalue weighted by molar-refractivity contribution is 6.31. The van der Waals surface area contributed by atoms with Gasteiger partial charge in [-0.15, -0.1) is 0 Å². The number of rotatable bonds is 8. The van der Waals surface area contributed by atoms with Gasteiger partial charge in [0.2, 0.25) is 0 Å². The second kappa shape index (κ2) is 9.35. The fourth-order valence-corrected chi connectivity index (χ4v) is 2.91. The van der Waals surface area contributed by atoms with E-state index in [1.807, 2.05) is 24.3 Å². The molecule has 28 heavy (non-hydrogen) atoms. The molecule has 3 rings (SSSR count). The Morgan fingerprint density at radius 1 is 1.00 bits per heavy atom. The van der Waals surface area contributed by atoms with E-state index in [1.54, 1.807) is 30.3 Å². The average molecular weight is 400 g/mol. The van der Waals surface area contributed by atoms with Crippen molar-refractivity contribution >= 4 is 17.6 Å². The summed E-state index contributed by atoms with van der Waals surface area (Å²) in [5.74, 6) is -0.599. The SMILES string of the molecule is O=C(O)c1ccc(CNCc2ccccc2OCc2ccc(F)cc2Cl)cc1. The lowest BCUT2D eigenvalue weighted by Gasteiger charge is -2.13. The van der Waals surface area contributed by atoms with Gasteiger partial charge >= 0.3 is 5.97 Å². The third kappa shape index (κ3) is 5.31. The number of halogens is 2. The number of nitrogens with one attached hydrogen (secondary N) is 1. The Bertz CT molecular complexity index is 960. The number of aromatic carboxylic acids is 1. The zero-order chi connectivity index (χ0) is 19.9. The Kier molecular flexibility index (Phi) is 6.63. The molecule has 3 aromatic carbocycles. The van der Waals surface area contributed by atoms with Crippen LogP contribution in [0.4, 0.5) is 4.39 Å². The number of carboxylic acid groups (broad SMARTS) is 1. The minimum atomic E-state index is -0.938. The summed E-state index contributed by atoms with van der Waals surface area (Å²) in [6.45, 7) is 1.42. The minimum absolute atomic E-state index is 0.243. The fraction of sp³-hybridized carbons (Fsp3) is 0.136. The molecular weight excluding hydrogens is 381 g/mol. The normalized spacial score (nSPS) is 10.6. The van der Waals surface area contributed by atoms with Crippen molar-refractivity contribution < 1.29 is 19.0 Å². The molecule has 6 heteroatoms. The summed E-state index contributed by atoms with van der Waals surface area (Å²) in [6.07, 6.45) is 0. The molecule has 0 radical (unpaired) electrons. The number of hydrogen-bond acceptors (Lipinski definition) is 3. The van der Waals surface area contributed by atoms with Crippen LogP contribution in [0.25, 0.3) is 0 Å². The van der Waals surface area contributed by atoms with Gasteiger partial charge in [0.15, 0.2) is 0 Å². The van der Waals surface area contributed by atoms with E-state index in [2.05, 4.69) is 5.32 Å². The first-order chi connectivity index (χ1) is 13.5. The zero-order valence-corrected chi connectivity index (χ0v) is 15.7. The van der Waals surface area contributed by atoms with Crippen LogP contribution in [0.15, 0.2) is 66.7 Å². The average Bonchev–Trinajstić information content (AvgIpc) is 2.68. The van der Waals surface area contributed by atoms with Gasteiger partial charge in [0.05, 0.1) is 10.6 Å². The van der Waals surface area contributed by atoms with Gasteiger partial charge in [-0.2, -0.15) is 0 Å². The van der Waals surface area contributed by atoms with E-state index in [1.165, 1.54) is 12.1 Å². The van der Waals surface area contributed by atoms with Crippen LogP contribution in [0.1, 0.15) is 27.0 Å². The van der Waals surface area contributed by atoms with Crippen LogP contribution in [-0.2, 0) is 19.7 Å². The molecular formula is C22H19ClFNO3. The van der Waals surface area contributed by atoms with Crippen molar-refractivity contribution in [3.8, 4) is 5.75 Å². The molecule has 0 fully saturated rings. The minimum Gasteiger partial charge on any atom is -0.489 e. The molecule has 0 bridgehead atoms. The summed E-state index contributed by atoms with van der Waals surface area (Å²) in [5.41, 5.74) is 2.94. The van der Waals surface area contributed by atoms with Crippen molar-refractivity contribution in [2.75, 3.05) is 0 Å². The highest BCUT2D eigenvalue weighted by atomic mass is 35.5. The standard InChI is InChI=1S/C22H19ClFNO3/c23-20-11-19(24)10-9-18(20)14-28-21-4-2-1-3-17(21)13-25-12-15-5-7-16(8-6-15)22(26)27/h1-11,25H,12-14H2,(H,26,27). The number of ether oxygens (including phenoxy) is 1. The molecule has 0 aromatic heterocycles. The third-order valence-electron chi connectivity index (χ3n) is 4.22. The molecule has 0 heterocycles. The van der Waals surface area contributed by atoms with Crippen LogP contribution in [0.2, 0.25) is 5.02 Å². The molecule has 0 saturated carbocycles. The van der Waals surface area contributed by atoms with E-state index < -0.39 is 5.97 Å². The van der Waals surface area contributed by atoms with Crippen LogP contribution in [0, 0.1) is 5.82 Å². The lowest BCUT2D eigenvalue weighted by molar-refractivity contribution is 0.0697. The third-order valence-corrected chi connectivity index (χ3v) is 4.57. The Balaban J connectivity index is 1.58. The van der Waals surface area contributed by atoms with Crippen LogP contribution in [-0.4, -0.2) is 11.1 Å². The quantitative estimate of drug-likeness (QED) is 0.556. The van der Waals surface area contributed by atoms with E-state index in [0.717, 1.165) is 16.9 Å². The monoisotopic (exact) mass is 399 g/mol. The van der Waals surface area contributed by atoms with E-state index >= 15 is 0 Å². The molecule has 0 unspecified atom stereocenters. The largest absolute Gasteiger partial charge is 0.489 e. The lowest BCUT2D eigenvalue weighted by atomic mass is 10.1. The van der Waals surface area contributed by atoms with Gasteiger partial charge in [-0.1, -0.05) is 48.0 Å². The van der Waals surface area contributed by atoms with E-state index in [0.29, 0.717) is 23.7 Å². The molecule has 0 atom stereocenters. The summed E-state index contributed by atoms with van der Waals surface area (Å²) in [7, 11) is 0. The highest BCUT2D eigenvalue weighted by Gasteiger charge is 2.07. The van der Waals surface area contributed by atoms with Crippen molar-refractivity contribution in [2.45, 2.75) is 19.7 Å². The molecule has 3 aromatic rings. The van der Waals surface area contributed by atoms with Gasteiger partial charge in [0, 0.05) is 24.2 Å². The first kappa shape index (κ1) is 19.9. The van der Waals surface area contributed by atoms with Gasteiger partial charge < -0.3 is 15.2 Å². The highest BCUT2D eigenvalue weighted by Crippen LogP contribution is 2.22. The second-order valence-electron chi connectivity index (χ2n) is 6.24. The van der Waals surface area contributed by atoms with E-state index in [-0.39, 0.29) is 18.0 Å². The van der Waals surface area contributed by atoms with E-state index in [9.17, 15) is 9.18 Å². The second-order valence-corrected chi connectivity index (χ2v) is 6.64. The van der Waals surface area contributed by atoms with Gasteiger partial charge in [-0.25, -0.2) is 9.18 Å². The molecule has 2 N–H and O–H groups in total. The first-order valence-corrected chi connectivity index (χ1v) is 9.08. The number of hydrogen-bond donors (Lipinski definition) is 2. The zero-order valence-electron chi connectivity index (χ0n) is 15.0. The van der Waals surface area contributed by atoms with Crippen LogP contribution >= 0.6 is 11.6 Å². The molecule has 144 valence electrons. The van der Waals surface area contributed by atoms with Crippen LogP contribution in [0.3, 0.4) is 0 Å². The number of para-hydroxylation sites is 1. The molecule has 0 aliphatic carbocycles. The van der Waals surface area contributed by atoms with Crippen molar-refractivity contribution in [2.24, 2.45) is 0 Å². The summed E-state index contributed by atoms with van der Waals surface area (Å²) in [5, 5.41) is 12.6. The number of carboxylic acids is 1. The van der Waals surface area contributed by atoms with Gasteiger partial charge in [-0.3, -0.25) is 0 Å². The lowest BCUT2D eigenvalue weighted by Crippen LogP contribution is -2.14. The Labute approximate surface area is 167 Å². The number of carbonyl (C=O) groups is 1. The maximum atomic E-state index is 13.2. The smallest absolute Gasteiger partial charge is 0.335 e. The maximum absolute atomic E-state index is 13.2. The van der Waals surface area contributed by atoms with Crippen molar-refractivity contribution in [1.82, 2.24) is 5.32 Å². The Morgan fingerprint density at radius 2 is 1.75 bits per heavy atom. The molecule has 0 amide bonds. The number of benzene rings is 3. The summed E-state index contributed by atoms with van der Waals surface area (Å²) >= 11 is 6.05. The van der Waals surface area contributed by atoms with Gasteiger partial charge in [0.1, 0.15) is 18.2 Å². The van der Waals surface area contributed by atoms with Crippen molar-refractivity contribution in [3.05, 3.63) is 99.8 Å². The first-order valence-electron chi connectivity index (χ1n) is 8.70. The summed E-state index contributed by atoms with van der Waals surface area (Å²) < 4.78 is 19.0. The van der Waals surface area contributed by atoms with Gasteiger partial charge in [0.25, 0.3) is 0 Å². The Hall–Kier alpha value is -2.89. The van der Waals surface area contributed by atoms with Crippen molar-refractivity contribution in [1.29, 1.82) is 0 Å². The molecule has 0 spiro atoms. The molecule has 0 aliphatic rings. The summed E-state index contributed by atoms with van der Waals surface area (Å²) in [4.78, 5) is 10.9.